The zero-order chi connectivity index (χ0) is 7.56. The molecule has 3 unspecified atom stereocenters. The second-order valence-corrected chi connectivity index (χ2v) is 3.68. The molecule has 0 aromatic heterocycles. The molecular formula is C9H19N. The molecule has 2 N–H and O–H groups in total. The average molecular weight is 141 g/mol. The third-order valence-corrected chi connectivity index (χ3v) is 2.64. The Hall–Kier alpha value is -0.0400. The van der Waals surface area contributed by atoms with Crippen LogP contribution in [-0.2, 0) is 0 Å². The van der Waals surface area contributed by atoms with E-state index >= 15 is 0 Å². The first-order valence-electron chi connectivity index (χ1n) is 4.51. The van der Waals surface area contributed by atoms with Gasteiger partial charge < -0.3 is 5.73 Å². The summed E-state index contributed by atoms with van der Waals surface area (Å²) in [5, 5.41) is 0. The van der Waals surface area contributed by atoms with E-state index in [1.807, 2.05) is 0 Å². The molecule has 1 fully saturated rings. The van der Waals surface area contributed by atoms with E-state index in [0.29, 0.717) is 6.04 Å². The molecular weight excluding hydrogens is 122 g/mol. The van der Waals surface area contributed by atoms with E-state index in [2.05, 4.69) is 13.8 Å². The molecule has 0 amide bonds. The lowest BCUT2D eigenvalue weighted by molar-refractivity contribution is 0.442. The Morgan fingerprint density at radius 2 is 2.20 bits per heavy atom. The molecule has 0 aromatic rings. The van der Waals surface area contributed by atoms with Gasteiger partial charge in [0.25, 0.3) is 0 Å². The van der Waals surface area contributed by atoms with E-state index in [9.17, 15) is 0 Å². The normalized spacial score (nSPS) is 33.9. The molecule has 0 saturated heterocycles. The molecule has 3 atom stereocenters. The van der Waals surface area contributed by atoms with Crippen LogP contribution in [-0.4, -0.2) is 6.04 Å². The summed E-state index contributed by atoms with van der Waals surface area (Å²) in [6.07, 6.45) is 5.37. The summed E-state index contributed by atoms with van der Waals surface area (Å²) in [7, 11) is 0. The molecule has 1 nitrogen and oxygen atoms in total. The minimum absolute atomic E-state index is 0.548. The Labute approximate surface area is 64.0 Å². The van der Waals surface area contributed by atoms with E-state index < -0.39 is 0 Å². The van der Waals surface area contributed by atoms with Gasteiger partial charge in [0, 0.05) is 6.04 Å². The first-order chi connectivity index (χ1) is 4.75. The van der Waals surface area contributed by atoms with Crippen LogP contribution in [0.3, 0.4) is 0 Å². The molecule has 0 bridgehead atoms. The second kappa shape index (κ2) is 3.38. The predicted molar refractivity (Wildman–Crippen MR) is 44.8 cm³/mol. The summed E-state index contributed by atoms with van der Waals surface area (Å²) in [5.41, 5.74) is 5.74. The Morgan fingerprint density at radius 1 is 1.60 bits per heavy atom. The summed E-state index contributed by atoms with van der Waals surface area (Å²) < 4.78 is 0. The van der Waals surface area contributed by atoms with E-state index in [1.165, 1.54) is 25.7 Å². The monoisotopic (exact) mass is 141 g/mol. The summed E-state index contributed by atoms with van der Waals surface area (Å²) in [4.78, 5) is 0. The molecule has 1 heteroatoms. The van der Waals surface area contributed by atoms with Crippen molar-refractivity contribution in [3.8, 4) is 0 Å². The summed E-state index contributed by atoms with van der Waals surface area (Å²) >= 11 is 0. The maximum atomic E-state index is 5.74. The van der Waals surface area contributed by atoms with Crippen molar-refractivity contribution in [1.82, 2.24) is 0 Å². The van der Waals surface area contributed by atoms with Crippen molar-refractivity contribution in [3.63, 3.8) is 0 Å². The highest BCUT2D eigenvalue weighted by molar-refractivity contribution is 4.92. The molecule has 0 aromatic carbocycles. The van der Waals surface area contributed by atoms with Gasteiger partial charge in [-0.1, -0.05) is 33.1 Å². The molecule has 0 aliphatic heterocycles. The zero-order valence-electron chi connectivity index (χ0n) is 7.14. The van der Waals surface area contributed by atoms with Crippen molar-refractivity contribution in [1.29, 1.82) is 0 Å². The number of hydrogen-bond donors (Lipinski definition) is 1. The fourth-order valence-corrected chi connectivity index (χ4v) is 1.63. The van der Waals surface area contributed by atoms with Gasteiger partial charge in [-0.3, -0.25) is 0 Å². The standard InChI is InChI=1S/C9H19N/c1-3-4-5-7(2)8-6-9(8)10/h7-9H,3-6,10H2,1-2H3. The van der Waals surface area contributed by atoms with Gasteiger partial charge >= 0.3 is 0 Å². The lowest BCUT2D eigenvalue weighted by atomic mass is 9.99. The fourth-order valence-electron chi connectivity index (χ4n) is 1.63. The minimum Gasteiger partial charge on any atom is -0.327 e. The Balaban J connectivity index is 2.04. The second-order valence-electron chi connectivity index (χ2n) is 3.68. The van der Waals surface area contributed by atoms with Crippen LogP contribution in [0, 0.1) is 11.8 Å². The fraction of sp³-hybridized carbons (Fsp3) is 1.00. The molecule has 1 aliphatic rings. The molecule has 0 heterocycles. The molecule has 1 aliphatic carbocycles. The lowest BCUT2D eigenvalue weighted by Crippen LogP contribution is -2.08. The third-order valence-electron chi connectivity index (χ3n) is 2.64. The van der Waals surface area contributed by atoms with E-state index in [-0.39, 0.29) is 0 Å². The van der Waals surface area contributed by atoms with Gasteiger partial charge in [0.1, 0.15) is 0 Å². The van der Waals surface area contributed by atoms with Gasteiger partial charge in [0.2, 0.25) is 0 Å². The Kier molecular flexibility index (Phi) is 2.72. The third kappa shape index (κ3) is 1.98. The highest BCUT2D eigenvalue weighted by atomic mass is 14.7. The van der Waals surface area contributed by atoms with Crippen molar-refractivity contribution in [2.75, 3.05) is 0 Å². The topological polar surface area (TPSA) is 26.0 Å². The van der Waals surface area contributed by atoms with E-state index in [0.717, 1.165) is 11.8 Å². The van der Waals surface area contributed by atoms with Gasteiger partial charge in [-0.05, 0) is 18.3 Å². The van der Waals surface area contributed by atoms with Gasteiger partial charge in [-0.25, -0.2) is 0 Å². The van der Waals surface area contributed by atoms with Crippen LogP contribution in [0.2, 0.25) is 0 Å². The molecule has 0 spiro atoms. The first kappa shape index (κ1) is 8.06. The van der Waals surface area contributed by atoms with E-state index in [4.69, 9.17) is 5.73 Å². The SMILES string of the molecule is CCCCC(C)C1CC1N. The number of rotatable bonds is 4. The number of nitrogens with two attached hydrogens (primary N) is 1. The van der Waals surface area contributed by atoms with Crippen LogP contribution in [0.5, 0.6) is 0 Å². The van der Waals surface area contributed by atoms with E-state index in [1.54, 1.807) is 0 Å². The van der Waals surface area contributed by atoms with Crippen molar-refractivity contribution in [2.24, 2.45) is 17.6 Å². The first-order valence-corrected chi connectivity index (χ1v) is 4.51. The molecule has 1 saturated carbocycles. The summed E-state index contributed by atoms with van der Waals surface area (Å²) in [6, 6.07) is 0.548. The van der Waals surface area contributed by atoms with Crippen LogP contribution in [0.1, 0.15) is 39.5 Å². The van der Waals surface area contributed by atoms with Crippen LogP contribution in [0.25, 0.3) is 0 Å². The van der Waals surface area contributed by atoms with Gasteiger partial charge in [0.05, 0.1) is 0 Å². The quantitative estimate of drug-likeness (QED) is 0.638. The maximum absolute atomic E-state index is 5.74. The lowest BCUT2D eigenvalue weighted by Gasteiger charge is -2.07. The van der Waals surface area contributed by atoms with Crippen LogP contribution < -0.4 is 5.73 Å². The van der Waals surface area contributed by atoms with Gasteiger partial charge in [-0.15, -0.1) is 0 Å². The minimum atomic E-state index is 0.548. The number of unbranched alkanes of at least 4 members (excludes halogenated alkanes) is 1. The highest BCUT2D eigenvalue weighted by Gasteiger charge is 2.37. The smallest absolute Gasteiger partial charge is 0.00736 e. The predicted octanol–water partition coefficient (Wildman–Crippen LogP) is 2.16. The Morgan fingerprint density at radius 3 is 2.60 bits per heavy atom. The summed E-state index contributed by atoms with van der Waals surface area (Å²) in [5.74, 6) is 1.75. The Bertz CT molecular complexity index is 101. The molecule has 0 radical (unpaired) electrons. The van der Waals surface area contributed by atoms with Crippen LogP contribution in [0.4, 0.5) is 0 Å². The van der Waals surface area contributed by atoms with Crippen molar-refractivity contribution in [3.05, 3.63) is 0 Å². The molecule has 10 heavy (non-hydrogen) atoms. The summed E-state index contributed by atoms with van der Waals surface area (Å²) in [6.45, 7) is 4.59. The zero-order valence-corrected chi connectivity index (χ0v) is 7.14. The van der Waals surface area contributed by atoms with Crippen LogP contribution in [0.15, 0.2) is 0 Å². The largest absolute Gasteiger partial charge is 0.327 e. The van der Waals surface area contributed by atoms with Gasteiger partial charge in [0.15, 0.2) is 0 Å². The van der Waals surface area contributed by atoms with Crippen molar-refractivity contribution >= 4 is 0 Å². The number of hydrogen-bond acceptors (Lipinski definition) is 1. The van der Waals surface area contributed by atoms with Crippen molar-refractivity contribution in [2.45, 2.75) is 45.6 Å². The molecule has 60 valence electrons. The van der Waals surface area contributed by atoms with Gasteiger partial charge in [-0.2, -0.15) is 0 Å². The molecule has 1 rings (SSSR count). The van der Waals surface area contributed by atoms with Crippen molar-refractivity contribution < 1.29 is 0 Å². The maximum Gasteiger partial charge on any atom is 0.00736 e. The average Bonchev–Trinajstić information content (AvgIpc) is 2.62. The van der Waals surface area contributed by atoms with Crippen LogP contribution >= 0.6 is 0 Å². The highest BCUT2D eigenvalue weighted by Crippen LogP contribution is 2.37.